The molecule has 2 aromatic rings. The molecule has 0 bridgehead atoms. The summed E-state index contributed by atoms with van der Waals surface area (Å²) < 4.78 is 12.0. The zero-order valence-electron chi connectivity index (χ0n) is 12.1. The average Bonchev–Trinajstić information content (AvgIpc) is 3.24. The van der Waals surface area contributed by atoms with Crippen molar-refractivity contribution in [2.24, 2.45) is 0 Å². The van der Waals surface area contributed by atoms with Crippen molar-refractivity contribution in [3.8, 4) is 21.9 Å². The number of thiophene rings is 1. The van der Waals surface area contributed by atoms with E-state index in [2.05, 4.69) is 44.8 Å². The van der Waals surface area contributed by atoms with Gasteiger partial charge in [0, 0.05) is 27.5 Å². The molecule has 0 radical (unpaired) electrons. The van der Waals surface area contributed by atoms with Crippen molar-refractivity contribution < 1.29 is 9.47 Å². The summed E-state index contributed by atoms with van der Waals surface area (Å²) >= 11 is 5.36. The number of rotatable bonds is 6. The van der Waals surface area contributed by atoms with Crippen LogP contribution in [0.15, 0.2) is 28.1 Å². The van der Waals surface area contributed by atoms with Gasteiger partial charge < -0.3 is 14.8 Å². The Labute approximate surface area is 137 Å². The van der Waals surface area contributed by atoms with Gasteiger partial charge in [0.1, 0.15) is 0 Å². The summed E-state index contributed by atoms with van der Waals surface area (Å²) in [6, 6.07) is 6.90. The quantitative estimate of drug-likeness (QED) is 0.817. The highest BCUT2D eigenvalue weighted by Crippen LogP contribution is 2.41. The highest BCUT2D eigenvalue weighted by atomic mass is 79.9. The van der Waals surface area contributed by atoms with Gasteiger partial charge in [0.25, 0.3) is 0 Å². The van der Waals surface area contributed by atoms with Crippen molar-refractivity contribution in [3.63, 3.8) is 0 Å². The molecular formula is C16H18BrNO2S. The van der Waals surface area contributed by atoms with Gasteiger partial charge in [-0.05, 0) is 57.9 Å². The van der Waals surface area contributed by atoms with E-state index in [-0.39, 0.29) is 0 Å². The number of hydrogen-bond acceptors (Lipinski definition) is 4. The van der Waals surface area contributed by atoms with Crippen molar-refractivity contribution in [1.29, 1.82) is 0 Å². The van der Waals surface area contributed by atoms with Crippen LogP contribution in [-0.2, 0) is 6.54 Å². The van der Waals surface area contributed by atoms with Crippen LogP contribution in [0.1, 0.15) is 18.4 Å². The molecule has 21 heavy (non-hydrogen) atoms. The molecule has 1 aliphatic carbocycles. The minimum atomic E-state index is 0.678. The average molecular weight is 368 g/mol. The molecule has 0 amide bonds. The van der Waals surface area contributed by atoms with Gasteiger partial charge in [0.15, 0.2) is 11.5 Å². The topological polar surface area (TPSA) is 30.5 Å². The van der Waals surface area contributed by atoms with Crippen LogP contribution >= 0.6 is 27.3 Å². The maximum absolute atomic E-state index is 5.45. The Morgan fingerprint density at radius 2 is 1.95 bits per heavy atom. The maximum atomic E-state index is 5.45. The van der Waals surface area contributed by atoms with E-state index in [9.17, 15) is 0 Å². The largest absolute Gasteiger partial charge is 0.493 e. The zero-order valence-corrected chi connectivity index (χ0v) is 14.5. The first-order valence-corrected chi connectivity index (χ1v) is 8.62. The predicted octanol–water partition coefficient (Wildman–Crippen LogP) is 4.45. The van der Waals surface area contributed by atoms with Gasteiger partial charge >= 0.3 is 0 Å². The van der Waals surface area contributed by atoms with Crippen molar-refractivity contribution >= 4 is 27.3 Å². The molecule has 1 aromatic carbocycles. The second kappa shape index (κ2) is 6.38. The van der Waals surface area contributed by atoms with Gasteiger partial charge in [0.2, 0.25) is 0 Å². The zero-order chi connectivity index (χ0) is 14.8. The standard InChI is InChI=1S/C16H18BrNO2S/c1-19-14-7-10(9-18-11-3-4-11)12(8-15(14)20-2)16-13(17)5-6-21-16/h5-8,11,18H,3-4,9H2,1-2H3. The lowest BCUT2D eigenvalue weighted by molar-refractivity contribution is 0.354. The molecule has 0 spiro atoms. The monoisotopic (exact) mass is 367 g/mol. The minimum absolute atomic E-state index is 0.678. The number of benzene rings is 1. The molecule has 1 saturated carbocycles. The normalized spacial score (nSPS) is 14.2. The summed E-state index contributed by atoms with van der Waals surface area (Å²) in [5.74, 6) is 1.55. The van der Waals surface area contributed by atoms with E-state index >= 15 is 0 Å². The van der Waals surface area contributed by atoms with Crippen LogP contribution in [-0.4, -0.2) is 20.3 Å². The molecule has 0 saturated heterocycles. The van der Waals surface area contributed by atoms with Gasteiger partial charge in [-0.2, -0.15) is 0 Å². The number of methoxy groups -OCH3 is 2. The lowest BCUT2D eigenvalue weighted by Gasteiger charge is -2.15. The highest BCUT2D eigenvalue weighted by Gasteiger charge is 2.22. The number of hydrogen-bond donors (Lipinski definition) is 1. The summed E-state index contributed by atoms with van der Waals surface area (Å²) in [5.41, 5.74) is 2.44. The van der Waals surface area contributed by atoms with Crippen LogP contribution in [0.2, 0.25) is 0 Å². The Kier molecular flexibility index (Phi) is 4.52. The molecule has 1 N–H and O–H groups in total. The first-order valence-electron chi connectivity index (χ1n) is 6.94. The summed E-state index contributed by atoms with van der Waals surface area (Å²) in [5, 5.41) is 5.67. The molecule has 0 atom stereocenters. The molecule has 1 aromatic heterocycles. The Morgan fingerprint density at radius 1 is 1.24 bits per heavy atom. The minimum Gasteiger partial charge on any atom is -0.493 e. The molecule has 3 nitrogen and oxygen atoms in total. The molecule has 1 aliphatic rings. The molecule has 1 fully saturated rings. The molecule has 0 unspecified atom stereocenters. The fourth-order valence-electron chi connectivity index (χ4n) is 2.31. The van der Waals surface area contributed by atoms with Crippen LogP contribution in [0, 0.1) is 0 Å². The van der Waals surface area contributed by atoms with E-state index in [0.29, 0.717) is 6.04 Å². The van der Waals surface area contributed by atoms with E-state index in [4.69, 9.17) is 9.47 Å². The number of ether oxygens (including phenoxy) is 2. The lowest BCUT2D eigenvalue weighted by Crippen LogP contribution is -2.16. The van der Waals surface area contributed by atoms with Crippen LogP contribution in [0.25, 0.3) is 10.4 Å². The van der Waals surface area contributed by atoms with Crippen molar-refractivity contribution in [2.75, 3.05) is 14.2 Å². The summed E-state index contributed by atoms with van der Waals surface area (Å²) in [7, 11) is 3.35. The smallest absolute Gasteiger partial charge is 0.161 e. The van der Waals surface area contributed by atoms with E-state index in [1.165, 1.54) is 28.8 Å². The van der Waals surface area contributed by atoms with Gasteiger partial charge in [-0.3, -0.25) is 0 Å². The van der Waals surface area contributed by atoms with Crippen LogP contribution in [0.4, 0.5) is 0 Å². The number of nitrogens with one attached hydrogen (secondary N) is 1. The van der Waals surface area contributed by atoms with E-state index < -0.39 is 0 Å². The Bertz CT molecular complexity index is 637. The molecule has 3 rings (SSSR count). The Hall–Kier alpha value is -1.04. The third-order valence-electron chi connectivity index (χ3n) is 3.63. The van der Waals surface area contributed by atoms with Crippen molar-refractivity contribution in [1.82, 2.24) is 5.32 Å². The lowest BCUT2D eigenvalue weighted by atomic mass is 10.0. The van der Waals surface area contributed by atoms with Gasteiger partial charge in [-0.1, -0.05) is 0 Å². The molecule has 1 heterocycles. The fraction of sp³-hybridized carbons (Fsp3) is 0.375. The molecule has 112 valence electrons. The maximum Gasteiger partial charge on any atom is 0.161 e. The Balaban J connectivity index is 2.02. The first-order chi connectivity index (χ1) is 10.2. The molecular weight excluding hydrogens is 350 g/mol. The van der Waals surface area contributed by atoms with Crippen LogP contribution < -0.4 is 14.8 Å². The molecule has 5 heteroatoms. The van der Waals surface area contributed by atoms with Crippen LogP contribution in [0.3, 0.4) is 0 Å². The van der Waals surface area contributed by atoms with Crippen molar-refractivity contribution in [3.05, 3.63) is 33.6 Å². The summed E-state index contributed by atoms with van der Waals surface area (Å²) in [6.07, 6.45) is 2.57. The van der Waals surface area contributed by atoms with Crippen molar-refractivity contribution in [2.45, 2.75) is 25.4 Å². The second-order valence-electron chi connectivity index (χ2n) is 5.12. The van der Waals surface area contributed by atoms with Crippen LogP contribution in [0.5, 0.6) is 11.5 Å². The van der Waals surface area contributed by atoms with Gasteiger partial charge in [0.05, 0.1) is 14.2 Å². The fourth-order valence-corrected chi connectivity index (χ4v) is 3.95. The van der Waals surface area contributed by atoms with E-state index in [1.807, 2.05) is 0 Å². The Morgan fingerprint density at radius 3 is 2.52 bits per heavy atom. The van der Waals surface area contributed by atoms with Gasteiger partial charge in [-0.25, -0.2) is 0 Å². The van der Waals surface area contributed by atoms with Gasteiger partial charge in [-0.15, -0.1) is 11.3 Å². The highest BCUT2D eigenvalue weighted by molar-refractivity contribution is 9.10. The predicted molar refractivity (Wildman–Crippen MR) is 90.4 cm³/mol. The third kappa shape index (κ3) is 3.25. The van der Waals surface area contributed by atoms with E-state index in [0.717, 1.165) is 22.5 Å². The molecule has 0 aliphatic heterocycles. The number of halogens is 1. The summed E-state index contributed by atoms with van der Waals surface area (Å²) in [6.45, 7) is 0.852. The SMILES string of the molecule is COc1cc(CNC2CC2)c(-c2sccc2Br)cc1OC. The summed E-state index contributed by atoms with van der Waals surface area (Å²) in [4.78, 5) is 1.23. The first kappa shape index (κ1) is 14.9. The second-order valence-corrected chi connectivity index (χ2v) is 6.89. The third-order valence-corrected chi connectivity index (χ3v) is 5.50. The van der Waals surface area contributed by atoms with E-state index in [1.54, 1.807) is 25.6 Å².